The predicted octanol–water partition coefficient (Wildman–Crippen LogP) is 3.21. The maximum absolute atomic E-state index is 12.9. The fraction of sp³-hybridized carbons (Fsp3) is 0.476. The molecule has 0 atom stereocenters. The van der Waals surface area contributed by atoms with E-state index in [9.17, 15) is 18.0 Å². The minimum atomic E-state index is -3.66. The summed E-state index contributed by atoms with van der Waals surface area (Å²) >= 11 is 0. The molecule has 1 saturated heterocycles. The number of sulfonamides is 1. The molecular weight excluding hydrogens is 406 g/mol. The van der Waals surface area contributed by atoms with Gasteiger partial charge < -0.3 is 9.84 Å². The molecule has 1 aliphatic rings. The van der Waals surface area contributed by atoms with Gasteiger partial charge in [0.1, 0.15) is 5.76 Å². The van der Waals surface area contributed by atoms with E-state index in [1.54, 1.807) is 6.07 Å². The van der Waals surface area contributed by atoms with Crippen molar-refractivity contribution in [1.29, 1.82) is 0 Å². The van der Waals surface area contributed by atoms with Crippen LogP contribution in [0.15, 0.2) is 39.8 Å². The number of hydrogen-bond acceptors (Lipinski definition) is 6. The fourth-order valence-electron chi connectivity index (χ4n) is 3.28. The molecule has 2 aromatic rings. The number of carbonyl (C=O) groups excluding carboxylic acids is 2. The van der Waals surface area contributed by atoms with Gasteiger partial charge in [0.25, 0.3) is 0 Å². The standard InChI is InChI=1S/C21H27N3O5S/c1-14(25)15-5-7-17(8-6-15)30(27,28)24-11-9-16(10-12-24)20(26)22-19-13-18(29-23-19)21(2,3)4/h5-8,13,16H,9-12H2,1-4H3,(H,22,23,26). The van der Waals surface area contributed by atoms with Gasteiger partial charge in [0.15, 0.2) is 11.6 Å². The SMILES string of the molecule is CC(=O)c1ccc(S(=O)(=O)N2CCC(C(=O)Nc3cc(C(C)(C)C)on3)CC2)cc1. The minimum Gasteiger partial charge on any atom is -0.359 e. The van der Waals surface area contributed by atoms with Crippen molar-refractivity contribution >= 4 is 27.5 Å². The Hall–Kier alpha value is -2.52. The fourth-order valence-corrected chi connectivity index (χ4v) is 4.75. The minimum absolute atomic E-state index is 0.118. The lowest BCUT2D eigenvalue weighted by molar-refractivity contribution is -0.120. The molecule has 0 unspecified atom stereocenters. The molecular formula is C21H27N3O5S. The second kappa shape index (κ2) is 8.31. The lowest BCUT2D eigenvalue weighted by Crippen LogP contribution is -2.41. The molecule has 2 heterocycles. The topological polar surface area (TPSA) is 110 Å². The molecule has 1 N–H and O–H groups in total. The number of nitrogens with zero attached hydrogens (tertiary/aromatic N) is 2. The highest BCUT2D eigenvalue weighted by Crippen LogP contribution is 2.27. The van der Waals surface area contributed by atoms with Crippen molar-refractivity contribution in [2.45, 2.75) is 50.8 Å². The van der Waals surface area contributed by atoms with Crippen LogP contribution >= 0.6 is 0 Å². The van der Waals surface area contributed by atoms with E-state index in [1.165, 1.54) is 35.5 Å². The molecule has 0 aliphatic carbocycles. The summed E-state index contributed by atoms with van der Waals surface area (Å²) in [5.74, 6) is 0.436. The molecule has 8 nitrogen and oxygen atoms in total. The summed E-state index contributed by atoms with van der Waals surface area (Å²) in [6.07, 6.45) is 0.834. The summed E-state index contributed by atoms with van der Waals surface area (Å²) in [6.45, 7) is 7.90. The Morgan fingerprint density at radius 3 is 2.23 bits per heavy atom. The van der Waals surface area contributed by atoms with Crippen LogP contribution in [0.4, 0.5) is 5.82 Å². The van der Waals surface area contributed by atoms with E-state index in [1.807, 2.05) is 20.8 Å². The van der Waals surface area contributed by atoms with Crippen LogP contribution in [0.5, 0.6) is 0 Å². The largest absolute Gasteiger partial charge is 0.359 e. The van der Waals surface area contributed by atoms with Crippen LogP contribution in [0.3, 0.4) is 0 Å². The monoisotopic (exact) mass is 433 g/mol. The molecule has 3 rings (SSSR count). The lowest BCUT2D eigenvalue weighted by Gasteiger charge is -2.30. The first-order chi connectivity index (χ1) is 14.0. The smallest absolute Gasteiger partial charge is 0.243 e. The molecule has 1 aromatic heterocycles. The van der Waals surface area contributed by atoms with E-state index in [0.29, 0.717) is 30.0 Å². The number of anilines is 1. The van der Waals surface area contributed by atoms with E-state index in [4.69, 9.17) is 4.52 Å². The van der Waals surface area contributed by atoms with E-state index in [0.717, 1.165) is 0 Å². The Morgan fingerprint density at radius 2 is 1.73 bits per heavy atom. The van der Waals surface area contributed by atoms with Crippen molar-refractivity contribution in [3.8, 4) is 0 Å². The Morgan fingerprint density at radius 1 is 1.13 bits per heavy atom. The van der Waals surface area contributed by atoms with Crippen LogP contribution in [-0.2, 0) is 20.2 Å². The third kappa shape index (κ3) is 4.79. The summed E-state index contributed by atoms with van der Waals surface area (Å²) in [4.78, 5) is 24.1. The van der Waals surface area contributed by atoms with Crippen molar-refractivity contribution in [1.82, 2.24) is 9.46 Å². The molecule has 0 spiro atoms. The van der Waals surface area contributed by atoms with E-state index < -0.39 is 10.0 Å². The number of amides is 1. The normalized spacial score (nSPS) is 16.4. The average molecular weight is 434 g/mol. The van der Waals surface area contributed by atoms with Crippen molar-refractivity contribution in [3.63, 3.8) is 0 Å². The van der Waals surface area contributed by atoms with Gasteiger partial charge in [-0.1, -0.05) is 38.1 Å². The highest BCUT2D eigenvalue weighted by atomic mass is 32.2. The van der Waals surface area contributed by atoms with Crippen molar-refractivity contribution in [2.24, 2.45) is 5.92 Å². The van der Waals surface area contributed by atoms with Gasteiger partial charge in [-0.2, -0.15) is 4.31 Å². The highest BCUT2D eigenvalue weighted by molar-refractivity contribution is 7.89. The van der Waals surface area contributed by atoms with Crippen molar-refractivity contribution < 1.29 is 22.5 Å². The second-order valence-electron chi connectivity index (χ2n) is 8.57. The van der Waals surface area contributed by atoms with Crippen LogP contribution in [0, 0.1) is 5.92 Å². The van der Waals surface area contributed by atoms with Crippen LogP contribution in [0.25, 0.3) is 0 Å². The Balaban J connectivity index is 1.60. The summed E-state index contributed by atoms with van der Waals surface area (Å²) in [5, 5.41) is 6.66. The molecule has 9 heteroatoms. The maximum Gasteiger partial charge on any atom is 0.243 e. The predicted molar refractivity (Wildman–Crippen MR) is 112 cm³/mol. The quantitative estimate of drug-likeness (QED) is 0.725. The summed E-state index contributed by atoms with van der Waals surface area (Å²) in [7, 11) is -3.66. The van der Waals surface area contributed by atoms with Gasteiger partial charge in [-0.05, 0) is 31.9 Å². The first-order valence-corrected chi connectivity index (χ1v) is 11.3. The average Bonchev–Trinajstić information content (AvgIpc) is 3.17. The van der Waals surface area contributed by atoms with Gasteiger partial charge in [0.2, 0.25) is 15.9 Å². The van der Waals surface area contributed by atoms with Gasteiger partial charge in [-0.15, -0.1) is 0 Å². The van der Waals surface area contributed by atoms with Crippen molar-refractivity contribution in [3.05, 3.63) is 41.7 Å². The Bertz CT molecular complexity index is 1030. The van der Waals surface area contributed by atoms with Crippen molar-refractivity contribution in [2.75, 3.05) is 18.4 Å². The van der Waals surface area contributed by atoms with Gasteiger partial charge in [0.05, 0.1) is 4.90 Å². The first kappa shape index (κ1) is 22.2. The molecule has 1 amide bonds. The second-order valence-corrected chi connectivity index (χ2v) is 10.5. The molecule has 0 radical (unpaired) electrons. The maximum atomic E-state index is 12.9. The van der Waals surface area contributed by atoms with Crippen LogP contribution in [0.1, 0.15) is 56.7 Å². The summed E-state index contributed by atoms with van der Waals surface area (Å²) in [6, 6.07) is 7.63. The molecule has 162 valence electrons. The molecule has 1 aliphatic heterocycles. The number of carbonyl (C=O) groups is 2. The third-order valence-corrected chi connectivity index (χ3v) is 7.14. The molecule has 1 fully saturated rings. The van der Waals surface area contributed by atoms with Crippen LogP contribution in [-0.4, -0.2) is 42.7 Å². The van der Waals surface area contributed by atoms with E-state index in [2.05, 4.69) is 10.5 Å². The number of hydrogen-bond donors (Lipinski definition) is 1. The van der Waals surface area contributed by atoms with Gasteiger partial charge in [0, 0.05) is 36.1 Å². The number of benzene rings is 1. The first-order valence-electron chi connectivity index (χ1n) is 9.87. The number of nitrogens with one attached hydrogen (secondary N) is 1. The summed E-state index contributed by atoms with van der Waals surface area (Å²) in [5.41, 5.74) is 0.255. The number of ketones is 1. The Kier molecular flexibility index (Phi) is 6.14. The van der Waals surface area contributed by atoms with Gasteiger partial charge in [-0.25, -0.2) is 8.42 Å². The number of aromatic nitrogens is 1. The van der Waals surface area contributed by atoms with Gasteiger partial charge in [-0.3, -0.25) is 9.59 Å². The lowest BCUT2D eigenvalue weighted by atomic mass is 9.93. The van der Waals surface area contributed by atoms with Crippen LogP contribution < -0.4 is 5.32 Å². The molecule has 1 aromatic carbocycles. The number of Topliss-reactive ketones (excluding diaryl/α,β-unsaturated/α-hetero) is 1. The summed E-state index contributed by atoms with van der Waals surface area (Å²) < 4.78 is 32.4. The van der Waals surface area contributed by atoms with Crippen LogP contribution in [0.2, 0.25) is 0 Å². The molecule has 0 bridgehead atoms. The number of piperidine rings is 1. The van der Waals surface area contributed by atoms with E-state index in [-0.39, 0.29) is 41.0 Å². The molecule has 30 heavy (non-hydrogen) atoms. The zero-order valence-electron chi connectivity index (χ0n) is 17.6. The number of rotatable bonds is 5. The van der Waals surface area contributed by atoms with Gasteiger partial charge >= 0.3 is 0 Å². The molecule has 0 saturated carbocycles. The zero-order valence-corrected chi connectivity index (χ0v) is 18.5. The highest BCUT2D eigenvalue weighted by Gasteiger charge is 2.32. The Labute approximate surface area is 176 Å². The zero-order chi connectivity index (χ0) is 22.1. The van der Waals surface area contributed by atoms with E-state index >= 15 is 0 Å². The third-order valence-electron chi connectivity index (χ3n) is 5.22.